The molecule has 1 aromatic carbocycles. The molecule has 0 radical (unpaired) electrons. The molecule has 0 aliphatic heterocycles. The van der Waals surface area contributed by atoms with E-state index in [4.69, 9.17) is 15.3 Å². The van der Waals surface area contributed by atoms with Crippen LogP contribution in [0, 0.1) is 0 Å². The number of hydrogen-bond acceptors (Lipinski definition) is 5. The highest BCUT2D eigenvalue weighted by Crippen LogP contribution is 2.21. The second-order valence-corrected chi connectivity index (χ2v) is 3.98. The van der Waals surface area contributed by atoms with Crippen molar-refractivity contribution in [2.45, 2.75) is 18.6 Å². The molecule has 0 saturated carbocycles. The zero-order valence-electron chi connectivity index (χ0n) is 9.29. The SMILES string of the molecule is NC(CC(=O)O)C(O)c1ccc2[nH]c(=O)oc2c1. The maximum absolute atomic E-state index is 11.0. The smallest absolute Gasteiger partial charge is 0.417 e. The first-order valence-electron chi connectivity index (χ1n) is 5.25. The molecule has 2 aromatic rings. The lowest BCUT2D eigenvalue weighted by Gasteiger charge is -2.17. The predicted octanol–water partition coefficient (Wildman–Crippen LogP) is -0.0435. The maximum Gasteiger partial charge on any atom is 0.417 e. The van der Waals surface area contributed by atoms with Crippen LogP contribution in [0.25, 0.3) is 11.1 Å². The molecule has 0 bridgehead atoms. The third-order valence-electron chi connectivity index (χ3n) is 2.60. The topological polar surface area (TPSA) is 130 Å². The molecule has 7 nitrogen and oxygen atoms in total. The minimum Gasteiger partial charge on any atom is -0.481 e. The number of fused-ring (bicyclic) bond motifs is 1. The van der Waals surface area contributed by atoms with Gasteiger partial charge in [0.2, 0.25) is 0 Å². The fraction of sp³-hybridized carbons (Fsp3) is 0.273. The molecule has 0 spiro atoms. The Morgan fingerprint density at radius 2 is 2.22 bits per heavy atom. The van der Waals surface area contributed by atoms with E-state index in [0.717, 1.165) is 0 Å². The number of H-pyrrole nitrogens is 1. The van der Waals surface area contributed by atoms with Gasteiger partial charge in [0.15, 0.2) is 5.58 Å². The van der Waals surface area contributed by atoms with E-state index in [1.165, 1.54) is 6.07 Å². The largest absolute Gasteiger partial charge is 0.481 e. The summed E-state index contributed by atoms with van der Waals surface area (Å²) in [4.78, 5) is 23.9. The lowest BCUT2D eigenvalue weighted by Crippen LogP contribution is -2.30. The van der Waals surface area contributed by atoms with Gasteiger partial charge in [-0.3, -0.25) is 9.78 Å². The van der Waals surface area contributed by atoms with Crippen LogP contribution in [0.3, 0.4) is 0 Å². The number of aliphatic hydroxyl groups is 1. The van der Waals surface area contributed by atoms with E-state index in [0.29, 0.717) is 16.7 Å². The first-order valence-corrected chi connectivity index (χ1v) is 5.25. The number of hydrogen-bond donors (Lipinski definition) is 4. The summed E-state index contributed by atoms with van der Waals surface area (Å²) in [5, 5.41) is 18.5. The van der Waals surface area contributed by atoms with E-state index < -0.39 is 23.9 Å². The van der Waals surface area contributed by atoms with E-state index in [1.807, 2.05) is 0 Å². The molecule has 96 valence electrons. The molecule has 2 unspecified atom stereocenters. The Balaban J connectivity index is 2.29. The van der Waals surface area contributed by atoms with E-state index >= 15 is 0 Å². The minimum absolute atomic E-state index is 0.291. The van der Waals surface area contributed by atoms with Crippen molar-refractivity contribution < 1.29 is 19.4 Å². The molecule has 7 heteroatoms. The number of nitrogens with two attached hydrogens (primary N) is 1. The third kappa shape index (κ3) is 2.41. The van der Waals surface area contributed by atoms with E-state index in [2.05, 4.69) is 4.98 Å². The summed E-state index contributed by atoms with van der Waals surface area (Å²) in [6.45, 7) is 0. The highest BCUT2D eigenvalue weighted by atomic mass is 16.4. The Hall–Kier alpha value is -2.12. The zero-order chi connectivity index (χ0) is 13.3. The van der Waals surface area contributed by atoms with Gasteiger partial charge in [0.1, 0.15) is 0 Å². The van der Waals surface area contributed by atoms with Crippen LogP contribution in [-0.2, 0) is 4.79 Å². The van der Waals surface area contributed by atoms with Crippen molar-refractivity contribution >= 4 is 17.1 Å². The fourth-order valence-corrected chi connectivity index (χ4v) is 1.71. The van der Waals surface area contributed by atoms with Crippen molar-refractivity contribution in [1.29, 1.82) is 0 Å². The van der Waals surface area contributed by atoms with Gasteiger partial charge >= 0.3 is 11.7 Å². The van der Waals surface area contributed by atoms with Crippen LogP contribution in [0.4, 0.5) is 0 Å². The maximum atomic E-state index is 11.0. The number of aliphatic hydroxyl groups excluding tert-OH is 1. The van der Waals surface area contributed by atoms with Crippen molar-refractivity contribution in [2.75, 3.05) is 0 Å². The summed E-state index contributed by atoms with van der Waals surface area (Å²) in [6.07, 6.45) is -1.48. The van der Waals surface area contributed by atoms with Crippen LogP contribution in [0.1, 0.15) is 18.1 Å². The van der Waals surface area contributed by atoms with Crippen LogP contribution < -0.4 is 11.5 Å². The number of aromatic nitrogens is 1. The lowest BCUT2D eigenvalue weighted by atomic mass is 10.0. The molecular weight excluding hydrogens is 240 g/mol. The number of benzene rings is 1. The summed E-state index contributed by atoms with van der Waals surface area (Å²) in [7, 11) is 0. The van der Waals surface area contributed by atoms with Gasteiger partial charge in [-0.05, 0) is 17.7 Å². The van der Waals surface area contributed by atoms with Crippen LogP contribution in [0.5, 0.6) is 0 Å². The Bertz CT molecular complexity index is 630. The first-order chi connectivity index (χ1) is 8.47. The molecule has 0 aliphatic rings. The monoisotopic (exact) mass is 252 g/mol. The quantitative estimate of drug-likeness (QED) is 0.604. The van der Waals surface area contributed by atoms with Crippen LogP contribution >= 0.6 is 0 Å². The molecule has 0 fully saturated rings. The Kier molecular flexibility index (Phi) is 3.17. The van der Waals surface area contributed by atoms with Crippen molar-refractivity contribution in [3.05, 3.63) is 34.3 Å². The second kappa shape index (κ2) is 4.63. The molecule has 0 saturated heterocycles. The average Bonchev–Trinajstić information content (AvgIpc) is 2.65. The van der Waals surface area contributed by atoms with Crippen molar-refractivity contribution in [3.63, 3.8) is 0 Å². The molecule has 1 aromatic heterocycles. The number of oxazole rings is 1. The van der Waals surface area contributed by atoms with Crippen LogP contribution in [0.15, 0.2) is 27.4 Å². The van der Waals surface area contributed by atoms with Gasteiger partial charge in [-0.2, -0.15) is 0 Å². The van der Waals surface area contributed by atoms with Gasteiger partial charge in [0, 0.05) is 6.04 Å². The van der Waals surface area contributed by atoms with Gasteiger partial charge in [0.05, 0.1) is 18.0 Å². The van der Waals surface area contributed by atoms with E-state index in [-0.39, 0.29) is 6.42 Å². The molecule has 1 heterocycles. The van der Waals surface area contributed by atoms with E-state index in [1.54, 1.807) is 12.1 Å². The van der Waals surface area contributed by atoms with Gasteiger partial charge in [-0.15, -0.1) is 0 Å². The summed E-state index contributed by atoms with van der Waals surface area (Å²) < 4.78 is 4.84. The Morgan fingerprint density at radius 1 is 1.50 bits per heavy atom. The lowest BCUT2D eigenvalue weighted by molar-refractivity contribution is -0.138. The standard InChI is InChI=1S/C11H12N2O5/c12-6(4-9(14)15)10(16)5-1-2-7-8(3-5)18-11(17)13-7/h1-3,6,10,16H,4,12H2,(H,13,17)(H,14,15). The Morgan fingerprint density at radius 3 is 2.89 bits per heavy atom. The van der Waals surface area contributed by atoms with Gasteiger partial charge in [0.25, 0.3) is 0 Å². The average molecular weight is 252 g/mol. The number of nitrogens with one attached hydrogen (secondary N) is 1. The number of rotatable bonds is 4. The highest BCUT2D eigenvalue weighted by Gasteiger charge is 2.20. The third-order valence-corrected chi connectivity index (χ3v) is 2.60. The highest BCUT2D eigenvalue weighted by molar-refractivity contribution is 5.73. The summed E-state index contributed by atoms with van der Waals surface area (Å²) in [5.41, 5.74) is 6.76. The molecule has 18 heavy (non-hydrogen) atoms. The summed E-state index contributed by atoms with van der Waals surface area (Å²) in [6, 6.07) is 3.65. The van der Waals surface area contributed by atoms with Gasteiger partial charge < -0.3 is 20.4 Å². The van der Waals surface area contributed by atoms with E-state index in [9.17, 15) is 14.7 Å². The zero-order valence-corrected chi connectivity index (χ0v) is 9.29. The number of aliphatic carboxylic acids is 1. The Labute approximate surface area is 101 Å². The number of carboxylic acid groups (broad SMARTS) is 1. The van der Waals surface area contributed by atoms with Crippen LogP contribution in [0.2, 0.25) is 0 Å². The second-order valence-electron chi connectivity index (χ2n) is 3.98. The minimum atomic E-state index is -1.13. The normalized spacial score (nSPS) is 14.6. The molecule has 0 amide bonds. The van der Waals surface area contributed by atoms with Gasteiger partial charge in [-0.1, -0.05) is 6.07 Å². The molecule has 2 atom stereocenters. The van der Waals surface area contributed by atoms with Crippen molar-refractivity contribution in [2.24, 2.45) is 5.73 Å². The van der Waals surface area contributed by atoms with Crippen LogP contribution in [-0.4, -0.2) is 27.2 Å². The molecule has 2 rings (SSSR count). The number of carbonyl (C=O) groups is 1. The molecule has 0 aliphatic carbocycles. The number of carboxylic acids is 1. The summed E-state index contributed by atoms with van der Waals surface area (Å²) >= 11 is 0. The van der Waals surface area contributed by atoms with Crippen molar-refractivity contribution in [1.82, 2.24) is 4.98 Å². The molecular formula is C11H12N2O5. The molecule has 5 N–H and O–H groups in total. The fourth-order valence-electron chi connectivity index (χ4n) is 1.71. The predicted molar refractivity (Wildman–Crippen MR) is 62.0 cm³/mol. The summed E-state index contributed by atoms with van der Waals surface area (Å²) in [5.74, 6) is -1.68. The van der Waals surface area contributed by atoms with Gasteiger partial charge in [-0.25, -0.2) is 4.79 Å². The van der Waals surface area contributed by atoms with Crippen molar-refractivity contribution in [3.8, 4) is 0 Å². The first kappa shape index (κ1) is 12.3. The number of aromatic amines is 1.